The van der Waals surface area contributed by atoms with Gasteiger partial charge >= 0.3 is 12.0 Å². The second kappa shape index (κ2) is 13.2. The maximum atomic E-state index is 13.6. The summed E-state index contributed by atoms with van der Waals surface area (Å²) in [7, 11) is 0. The molecule has 0 aromatic heterocycles. The van der Waals surface area contributed by atoms with Gasteiger partial charge in [-0.3, -0.25) is 19.8 Å². The van der Waals surface area contributed by atoms with Gasteiger partial charge in [0.2, 0.25) is 5.91 Å². The highest BCUT2D eigenvalue weighted by molar-refractivity contribution is 6.03. The van der Waals surface area contributed by atoms with Crippen molar-refractivity contribution in [2.75, 3.05) is 6.54 Å². The Kier molecular flexibility index (Phi) is 10.0. The first kappa shape index (κ1) is 29.6. The second-order valence-electron chi connectivity index (χ2n) is 11.3. The number of amides is 4. The molecule has 0 bridgehead atoms. The average molecular weight is 534 g/mol. The van der Waals surface area contributed by atoms with Crippen molar-refractivity contribution in [1.29, 1.82) is 0 Å². The van der Waals surface area contributed by atoms with Crippen molar-refractivity contribution in [3.8, 4) is 0 Å². The minimum atomic E-state index is -0.816. The maximum absolute atomic E-state index is 13.6. The highest BCUT2D eigenvalue weighted by Gasteiger charge is 2.41. The molecule has 2 aromatic rings. The Labute approximate surface area is 231 Å². The van der Waals surface area contributed by atoms with Gasteiger partial charge in [-0.2, -0.15) is 5.01 Å². The Morgan fingerprint density at radius 3 is 2.18 bits per heavy atom. The number of nitrogens with zero attached hydrogens (tertiary/aromatic N) is 2. The highest BCUT2D eigenvalue weighted by Crippen LogP contribution is 2.28. The smallest absolute Gasteiger partial charge is 0.346 e. The average Bonchev–Trinajstić information content (AvgIpc) is 3.12. The first-order chi connectivity index (χ1) is 18.4. The van der Waals surface area contributed by atoms with E-state index < -0.39 is 41.3 Å². The van der Waals surface area contributed by atoms with Gasteiger partial charge in [0, 0.05) is 6.54 Å². The van der Waals surface area contributed by atoms with Gasteiger partial charge in [-0.1, -0.05) is 86.7 Å². The van der Waals surface area contributed by atoms with E-state index >= 15 is 0 Å². The number of hydrogen-bond acceptors (Lipinski definition) is 5. The number of ether oxygens (including phenoxy) is 1. The summed E-state index contributed by atoms with van der Waals surface area (Å²) in [6, 6.07) is 18.4. The first-order valence-corrected chi connectivity index (χ1v) is 13.4. The summed E-state index contributed by atoms with van der Waals surface area (Å²) < 4.78 is 5.70. The van der Waals surface area contributed by atoms with E-state index in [-0.39, 0.29) is 25.4 Å². The lowest BCUT2D eigenvalue weighted by Gasteiger charge is -2.30. The van der Waals surface area contributed by atoms with Crippen LogP contribution in [0.2, 0.25) is 0 Å². The molecule has 39 heavy (non-hydrogen) atoms. The zero-order chi connectivity index (χ0) is 28.6. The number of esters is 1. The zero-order valence-electron chi connectivity index (χ0n) is 23.4. The minimum absolute atomic E-state index is 0.0725. The summed E-state index contributed by atoms with van der Waals surface area (Å²) in [5.41, 5.74) is 3.63. The third kappa shape index (κ3) is 8.80. The van der Waals surface area contributed by atoms with Crippen LogP contribution in [-0.2, 0) is 25.7 Å². The molecule has 8 nitrogen and oxygen atoms in total. The van der Waals surface area contributed by atoms with E-state index in [0.29, 0.717) is 6.42 Å². The molecule has 1 saturated heterocycles. The molecule has 208 valence electrons. The first-order valence-electron chi connectivity index (χ1n) is 13.4. The van der Waals surface area contributed by atoms with Crippen LogP contribution in [0.15, 0.2) is 66.7 Å². The molecule has 1 fully saturated rings. The van der Waals surface area contributed by atoms with Crippen LogP contribution in [0, 0.1) is 17.8 Å². The van der Waals surface area contributed by atoms with Crippen molar-refractivity contribution in [2.24, 2.45) is 17.8 Å². The van der Waals surface area contributed by atoms with Crippen LogP contribution >= 0.6 is 0 Å². The number of carbonyl (C=O) groups is 4. The second-order valence-corrected chi connectivity index (χ2v) is 11.3. The van der Waals surface area contributed by atoms with Gasteiger partial charge in [-0.05, 0) is 50.7 Å². The number of hydrogen-bond donors (Lipinski definition) is 1. The fourth-order valence-corrected chi connectivity index (χ4v) is 4.46. The molecule has 2 atom stereocenters. The van der Waals surface area contributed by atoms with Crippen LogP contribution in [0.1, 0.15) is 58.6 Å². The molecule has 1 aliphatic rings. The van der Waals surface area contributed by atoms with Crippen LogP contribution < -0.4 is 5.43 Å². The molecule has 0 aliphatic carbocycles. The van der Waals surface area contributed by atoms with Gasteiger partial charge in [-0.25, -0.2) is 4.79 Å². The van der Waals surface area contributed by atoms with Gasteiger partial charge in [-0.15, -0.1) is 0 Å². The molecule has 0 spiro atoms. The fourth-order valence-electron chi connectivity index (χ4n) is 4.46. The molecule has 2 aromatic carbocycles. The van der Waals surface area contributed by atoms with Gasteiger partial charge in [0.15, 0.2) is 0 Å². The van der Waals surface area contributed by atoms with E-state index in [1.54, 1.807) is 20.8 Å². The van der Waals surface area contributed by atoms with Crippen LogP contribution in [0.4, 0.5) is 4.79 Å². The molecule has 3 rings (SSSR count). The number of hydrazine groups is 1. The third-order valence-electron chi connectivity index (χ3n) is 6.23. The predicted molar refractivity (Wildman–Crippen MR) is 150 cm³/mol. The minimum Gasteiger partial charge on any atom is -0.460 e. The van der Waals surface area contributed by atoms with Gasteiger partial charge in [0.25, 0.3) is 5.91 Å². The van der Waals surface area contributed by atoms with Crippen molar-refractivity contribution in [3.05, 3.63) is 77.9 Å². The number of carbonyl (C=O) groups excluding carboxylic acids is 4. The number of allylic oxidation sites excluding steroid dienone is 1. The van der Waals surface area contributed by atoms with Crippen molar-refractivity contribution in [2.45, 2.75) is 59.6 Å². The van der Waals surface area contributed by atoms with E-state index in [0.717, 1.165) is 16.1 Å². The molecule has 4 amide bonds. The number of nitrogens with one attached hydrogen (secondary N) is 1. The molecule has 8 heteroatoms. The molecule has 1 heterocycles. The zero-order valence-corrected chi connectivity index (χ0v) is 23.4. The van der Waals surface area contributed by atoms with E-state index in [1.807, 2.05) is 86.7 Å². The highest BCUT2D eigenvalue weighted by atomic mass is 16.6. The van der Waals surface area contributed by atoms with Gasteiger partial charge < -0.3 is 9.64 Å². The number of rotatable bonds is 11. The Balaban J connectivity index is 1.81. The normalized spacial score (nSPS) is 15.6. The van der Waals surface area contributed by atoms with Gasteiger partial charge in [0.1, 0.15) is 12.1 Å². The van der Waals surface area contributed by atoms with Crippen LogP contribution in [0.5, 0.6) is 0 Å². The molecule has 1 unspecified atom stereocenters. The largest absolute Gasteiger partial charge is 0.460 e. The number of urea groups is 1. The van der Waals surface area contributed by atoms with Crippen molar-refractivity contribution in [1.82, 2.24) is 15.3 Å². The van der Waals surface area contributed by atoms with E-state index in [4.69, 9.17) is 4.74 Å². The number of benzene rings is 2. The molecule has 1 aliphatic heterocycles. The summed E-state index contributed by atoms with van der Waals surface area (Å²) in [6.07, 6.45) is 4.39. The Morgan fingerprint density at radius 2 is 1.59 bits per heavy atom. The van der Waals surface area contributed by atoms with Crippen molar-refractivity contribution in [3.63, 3.8) is 0 Å². The lowest BCUT2D eigenvalue weighted by Crippen LogP contribution is -2.51. The molecular weight excluding hydrogens is 494 g/mol. The lowest BCUT2D eigenvalue weighted by molar-refractivity contribution is -0.164. The van der Waals surface area contributed by atoms with Gasteiger partial charge in [0.05, 0.1) is 11.8 Å². The van der Waals surface area contributed by atoms with Crippen LogP contribution in [0.3, 0.4) is 0 Å². The van der Waals surface area contributed by atoms with Crippen molar-refractivity contribution >= 4 is 29.9 Å². The lowest BCUT2D eigenvalue weighted by atomic mass is 9.82. The van der Waals surface area contributed by atoms with Crippen LogP contribution in [0.25, 0.3) is 6.08 Å². The van der Waals surface area contributed by atoms with E-state index in [2.05, 4.69) is 5.43 Å². The third-order valence-corrected chi connectivity index (χ3v) is 6.23. The van der Waals surface area contributed by atoms with Crippen molar-refractivity contribution < 1.29 is 23.9 Å². The molecule has 1 N–H and O–H groups in total. The topological polar surface area (TPSA) is 96.0 Å². The predicted octanol–water partition coefficient (Wildman–Crippen LogP) is 5.21. The molecule has 0 radical (unpaired) electrons. The monoisotopic (exact) mass is 533 g/mol. The molecule has 0 saturated carbocycles. The Bertz CT molecular complexity index is 1170. The summed E-state index contributed by atoms with van der Waals surface area (Å²) >= 11 is 0. The SMILES string of the molecule is CC(C)C[C@@H](C(=O)NN1C(=O)CN(Cc2ccccc2)C1=O)C(CC=Cc1ccccc1)C(=O)OC(C)(C)C. The fraction of sp³-hybridized carbons (Fsp3) is 0.419. The summed E-state index contributed by atoms with van der Waals surface area (Å²) in [6.45, 7) is 9.36. The quantitative estimate of drug-likeness (QED) is 0.316. The Morgan fingerprint density at radius 1 is 0.974 bits per heavy atom. The van der Waals surface area contributed by atoms with E-state index in [1.165, 1.54) is 4.90 Å². The summed E-state index contributed by atoms with van der Waals surface area (Å²) in [4.78, 5) is 54.1. The van der Waals surface area contributed by atoms with E-state index in [9.17, 15) is 19.2 Å². The summed E-state index contributed by atoms with van der Waals surface area (Å²) in [5, 5.41) is 0.768. The summed E-state index contributed by atoms with van der Waals surface area (Å²) in [5.74, 6) is -3.13. The standard InChI is InChI=1S/C31H39N3O5/c1-22(2)19-26(25(29(37)39-31(3,4)5)18-12-17-23-13-8-6-9-14-23)28(36)32-34-27(35)21-33(30(34)38)20-24-15-10-7-11-16-24/h6-17,22,25-26H,18-21H2,1-5H3,(H,32,36)/t25?,26-/m1/s1. The Hall–Kier alpha value is -3.94. The molecular formula is C31H39N3O5. The maximum Gasteiger partial charge on any atom is 0.346 e. The number of imide groups is 1. The van der Waals surface area contributed by atoms with Crippen LogP contribution in [-0.4, -0.2) is 45.9 Å².